The normalized spacial score (nSPS) is 24.1. The van der Waals surface area contributed by atoms with E-state index in [-0.39, 0.29) is 36.0 Å². The van der Waals surface area contributed by atoms with Gasteiger partial charge in [0.05, 0.1) is 23.5 Å². The van der Waals surface area contributed by atoms with Gasteiger partial charge < -0.3 is 29.2 Å². The van der Waals surface area contributed by atoms with Crippen LogP contribution in [0.2, 0.25) is 10.3 Å². The van der Waals surface area contributed by atoms with Crippen LogP contribution in [0.4, 0.5) is 0 Å². The first-order valence-corrected chi connectivity index (χ1v) is 20.5. The number of carbonyl (C=O) groups excluding carboxylic acids is 2. The van der Waals surface area contributed by atoms with E-state index in [9.17, 15) is 9.59 Å². The lowest BCUT2D eigenvalue weighted by Gasteiger charge is -2.30. The van der Waals surface area contributed by atoms with E-state index in [1.165, 1.54) is 0 Å². The van der Waals surface area contributed by atoms with Gasteiger partial charge in [0, 0.05) is 62.5 Å². The van der Waals surface area contributed by atoms with Crippen molar-refractivity contribution in [2.75, 3.05) is 26.4 Å². The summed E-state index contributed by atoms with van der Waals surface area (Å²) in [5.41, 5.74) is 5.51. The molecule has 4 aromatic rings. The Morgan fingerprint density at radius 1 is 0.593 bits per heavy atom. The number of nitrogens with one attached hydrogen (secondary N) is 2. The third-order valence-corrected chi connectivity index (χ3v) is 12.7. The largest absolute Gasteiger partial charge is 0.381 e. The zero-order valence-electron chi connectivity index (χ0n) is 31.2. The second-order valence-corrected chi connectivity index (χ2v) is 16.5. The molecule has 0 bridgehead atoms. The standard InChI is InChI=1S/C42H50Cl2N6O4/c1-25-3-13-33(49(25)35(51)23-27-15-19-53-20-16-27)41-45-37(39(43)47-41)31-9-5-29(6-10-31)30-7-11-32(12-8-30)38-40(44)48-42(46-38)34-14-4-26(2)50(34)36(52)24-28-17-21-54-22-18-28/h5-12,25-28,33-34H,3-4,13-24H2,1-2H3,(H,45,47)(H,46,48)/t25-,26-,33-,34-/m0/s1. The highest BCUT2D eigenvalue weighted by Crippen LogP contribution is 2.41. The van der Waals surface area contributed by atoms with Crippen LogP contribution < -0.4 is 0 Å². The van der Waals surface area contributed by atoms with Crippen LogP contribution in [0.25, 0.3) is 33.6 Å². The third-order valence-electron chi connectivity index (χ3n) is 12.2. The van der Waals surface area contributed by atoms with E-state index in [0.29, 0.717) is 35.0 Å². The summed E-state index contributed by atoms with van der Waals surface area (Å²) in [6, 6.07) is 16.6. The predicted molar refractivity (Wildman–Crippen MR) is 210 cm³/mol. The van der Waals surface area contributed by atoms with Gasteiger partial charge in [-0.25, -0.2) is 9.97 Å². The predicted octanol–water partition coefficient (Wildman–Crippen LogP) is 9.18. The molecule has 4 saturated heterocycles. The molecule has 2 aromatic carbocycles. The van der Waals surface area contributed by atoms with Crippen molar-refractivity contribution in [1.82, 2.24) is 29.7 Å². The highest BCUT2D eigenvalue weighted by atomic mass is 35.5. The Bertz CT molecular complexity index is 1790. The van der Waals surface area contributed by atoms with Crippen molar-refractivity contribution in [3.05, 3.63) is 70.5 Å². The summed E-state index contributed by atoms with van der Waals surface area (Å²) >= 11 is 13.5. The van der Waals surface area contributed by atoms with E-state index in [0.717, 1.165) is 123 Å². The lowest BCUT2D eigenvalue weighted by atomic mass is 9.95. The summed E-state index contributed by atoms with van der Waals surface area (Å²) in [6.45, 7) is 7.20. The maximum Gasteiger partial charge on any atom is 0.223 e. The molecule has 10 nitrogen and oxygen atoms in total. The Labute approximate surface area is 327 Å². The Hall–Kier alpha value is -3.70. The molecule has 0 radical (unpaired) electrons. The van der Waals surface area contributed by atoms with Crippen molar-refractivity contribution in [2.24, 2.45) is 11.8 Å². The number of ether oxygens (including phenoxy) is 2. The molecule has 6 heterocycles. The third kappa shape index (κ3) is 7.72. The van der Waals surface area contributed by atoms with Crippen LogP contribution in [0, 0.1) is 11.8 Å². The number of carbonyl (C=O) groups is 2. The number of likely N-dealkylation sites (tertiary alicyclic amines) is 2. The molecule has 8 rings (SSSR count). The second kappa shape index (κ2) is 16.2. The van der Waals surface area contributed by atoms with Gasteiger partial charge in [-0.2, -0.15) is 0 Å². The molecule has 4 atom stereocenters. The fourth-order valence-corrected chi connectivity index (χ4v) is 9.54. The SMILES string of the molecule is C[C@H]1CC[C@@H](c2nc(Cl)c(-c3ccc(-c4ccc(-c5[nH]c([C@@H]6CC[C@H](C)N6C(=O)CC6CCOCC6)nc5Cl)cc4)cc3)[nH]2)N1C(=O)CC1CCOCC1. The number of hydrogen-bond donors (Lipinski definition) is 2. The number of imidazole rings is 2. The molecule has 2 amide bonds. The van der Waals surface area contributed by atoms with Crippen LogP contribution in [0.3, 0.4) is 0 Å². The van der Waals surface area contributed by atoms with E-state index >= 15 is 0 Å². The van der Waals surface area contributed by atoms with Crippen LogP contribution in [0.5, 0.6) is 0 Å². The summed E-state index contributed by atoms with van der Waals surface area (Å²) in [5.74, 6) is 2.64. The van der Waals surface area contributed by atoms with Crippen LogP contribution in [0.1, 0.15) is 102 Å². The van der Waals surface area contributed by atoms with Gasteiger partial charge in [-0.05, 0) is 88.2 Å². The highest BCUT2D eigenvalue weighted by Gasteiger charge is 2.39. The van der Waals surface area contributed by atoms with Crippen molar-refractivity contribution < 1.29 is 19.1 Å². The molecule has 2 N–H and O–H groups in total. The summed E-state index contributed by atoms with van der Waals surface area (Å²) < 4.78 is 11.0. The average molecular weight is 774 g/mol. The Balaban J connectivity index is 0.938. The minimum atomic E-state index is -0.110. The van der Waals surface area contributed by atoms with E-state index < -0.39 is 0 Å². The first-order chi connectivity index (χ1) is 26.2. The summed E-state index contributed by atoms with van der Waals surface area (Å²) in [4.78, 5) is 47.5. The molecule has 12 heteroatoms. The number of nitrogens with zero attached hydrogens (tertiary/aromatic N) is 4. The van der Waals surface area contributed by atoms with Crippen molar-refractivity contribution >= 4 is 35.0 Å². The smallest absolute Gasteiger partial charge is 0.223 e. The average Bonchev–Trinajstić information content (AvgIpc) is 3.97. The number of amides is 2. The summed E-state index contributed by atoms with van der Waals surface area (Å²) in [7, 11) is 0. The monoisotopic (exact) mass is 772 g/mol. The summed E-state index contributed by atoms with van der Waals surface area (Å²) in [5, 5.41) is 0.821. The molecular formula is C42H50Cl2N6O4. The maximum atomic E-state index is 13.5. The van der Waals surface area contributed by atoms with E-state index in [1.54, 1.807) is 0 Å². The number of hydrogen-bond acceptors (Lipinski definition) is 6. The topological polar surface area (TPSA) is 116 Å². The molecule has 0 unspecified atom stereocenters. The zero-order chi connectivity index (χ0) is 37.3. The first-order valence-electron chi connectivity index (χ1n) is 19.7. The van der Waals surface area contributed by atoms with Crippen molar-refractivity contribution in [1.29, 1.82) is 0 Å². The van der Waals surface area contributed by atoms with Gasteiger partial charge in [0.25, 0.3) is 0 Å². The Morgan fingerprint density at radius 2 is 0.944 bits per heavy atom. The van der Waals surface area contributed by atoms with Gasteiger partial charge in [-0.15, -0.1) is 0 Å². The molecule has 4 aliphatic heterocycles. The molecule has 286 valence electrons. The first kappa shape index (κ1) is 37.2. The number of rotatable bonds is 9. The van der Waals surface area contributed by atoms with E-state index in [4.69, 9.17) is 42.6 Å². The van der Waals surface area contributed by atoms with Gasteiger partial charge in [-0.1, -0.05) is 71.7 Å². The number of aromatic amines is 2. The van der Waals surface area contributed by atoms with Gasteiger partial charge in [-0.3, -0.25) is 9.59 Å². The lowest BCUT2D eigenvalue weighted by Crippen LogP contribution is -2.37. The number of benzene rings is 2. The van der Waals surface area contributed by atoms with Gasteiger partial charge in [0.15, 0.2) is 10.3 Å². The maximum absolute atomic E-state index is 13.5. The van der Waals surface area contributed by atoms with Crippen molar-refractivity contribution in [3.8, 4) is 33.6 Å². The fraction of sp³-hybridized carbons (Fsp3) is 0.524. The highest BCUT2D eigenvalue weighted by molar-refractivity contribution is 6.32. The minimum Gasteiger partial charge on any atom is -0.381 e. The van der Waals surface area contributed by atoms with Crippen molar-refractivity contribution in [3.63, 3.8) is 0 Å². The van der Waals surface area contributed by atoms with Crippen LogP contribution in [0.15, 0.2) is 48.5 Å². The molecule has 0 saturated carbocycles. The summed E-state index contributed by atoms with van der Waals surface area (Å²) in [6.07, 6.45) is 8.47. The molecule has 4 fully saturated rings. The van der Waals surface area contributed by atoms with Crippen LogP contribution in [-0.4, -0.2) is 80.1 Å². The van der Waals surface area contributed by atoms with Crippen LogP contribution in [-0.2, 0) is 19.1 Å². The number of aromatic nitrogens is 4. The lowest BCUT2D eigenvalue weighted by molar-refractivity contribution is -0.136. The van der Waals surface area contributed by atoms with Gasteiger partial charge >= 0.3 is 0 Å². The molecule has 4 aliphatic rings. The quantitative estimate of drug-likeness (QED) is 0.175. The van der Waals surface area contributed by atoms with Crippen LogP contribution >= 0.6 is 23.2 Å². The molecular weight excluding hydrogens is 723 g/mol. The molecule has 2 aromatic heterocycles. The van der Waals surface area contributed by atoms with E-state index in [1.807, 2.05) is 34.1 Å². The molecule has 0 spiro atoms. The number of halogens is 2. The van der Waals surface area contributed by atoms with Crippen molar-refractivity contribution in [2.45, 2.75) is 102 Å². The zero-order valence-corrected chi connectivity index (χ0v) is 32.7. The Kier molecular flexibility index (Phi) is 11.2. The fourth-order valence-electron chi connectivity index (χ4n) is 9.05. The molecule has 0 aliphatic carbocycles. The number of H-pyrrole nitrogens is 2. The Morgan fingerprint density at radius 3 is 1.31 bits per heavy atom. The van der Waals surface area contributed by atoms with Gasteiger partial charge in [0.1, 0.15) is 11.6 Å². The van der Waals surface area contributed by atoms with Gasteiger partial charge in [0.2, 0.25) is 11.8 Å². The molecule has 54 heavy (non-hydrogen) atoms. The minimum absolute atomic E-state index is 0.110. The van der Waals surface area contributed by atoms with E-state index in [2.05, 4.69) is 48.1 Å². The second-order valence-electron chi connectivity index (χ2n) is 15.7.